The topological polar surface area (TPSA) is 139 Å². The highest BCUT2D eigenvalue weighted by atomic mass is 19.4. The molecule has 1 amide bonds. The summed E-state index contributed by atoms with van der Waals surface area (Å²) in [5.41, 5.74) is -0.853. The number of carbonyl (C=O) groups excluding carboxylic acids is 1. The fraction of sp³-hybridized carbons (Fsp3) is 0.577. The Morgan fingerprint density at radius 3 is 2.57 bits per heavy atom. The van der Waals surface area contributed by atoms with Gasteiger partial charge in [-0.15, -0.1) is 0 Å². The third kappa shape index (κ3) is 10.4. The first-order valence-electron chi connectivity index (χ1n) is 12.2. The second-order valence-electron chi connectivity index (χ2n) is 9.13. The van der Waals surface area contributed by atoms with Crippen LogP contribution in [0.2, 0.25) is 0 Å². The molecule has 0 bridgehead atoms. The third-order valence-electron chi connectivity index (χ3n) is 6.21. The molecule has 2 rings (SSSR count). The van der Waals surface area contributed by atoms with Crippen molar-refractivity contribution in [3.05, 3.63) is 54.1 Å². The standard InChI is InChI=1S/C26H36F3NO7/c27-26(28,29)17-6-5-7-20(12-17)37-16-19(33)10-11-22-21(23(34)13-24(22)35)8-3-1-2-4-9-25(36)30-18(14-31)15-32/h1,3,5-7,10-12,18-19,21-24,31-35H,2,4,8-9,13-16H2,(H,30,36)/t19-,21-,22-,23+,24-/m1/s1. The molecule has 5 atom stereocenters. The highest BCUT2D eigenvalue weighted by Crippen LogP contribution is 2.36. The number of halogens is 3. The number of nitrogens with one attached hydrogen (secondary N) is 1. The Balaban J connectivity index is 1.80. The van der Waals surface area contributed by atoms with Gasteiger partial charge in [0.15, 0.2) is 0 Å². The van der Waals surface area contributed by atoms with Crippen LogP contribution in [-0.2, 0) is 11.0 Å². The Kier molecular flexibility index (Phi) is 12.6. The molecule has 37 heavy (non-hydrogen) atoms. The number of benzene rings is 1. The molecular formula is C26H36F3NO7. The van der Waals surface area contributed by atoms with Gasteiger partial charge in [-0.25, -0.2) is 0 Å². The van der Waals surface area contributed by atoms with Crippen LogP contribution in [0.15, 0.2) is 48.6 Å². The molecule has 0 radical (unpaired) electrons. The summed E-state index contributed by atoms with van der Waals surface area (Å²) in [5, 5.41) is 51.3. The van der Waals surface area contributed by atoms with Crippen LogP contribution < -0.4 is 10.1 Å². The van der Waals surface area contributed by atoms with E-state index in [4.69, 9.17) is 14.9 Å². The van der Waals surface area contributed by atoms with E-state index < -0.39 is 42.0 Å². The highest BCUT2D eigenvalue weighted by molar-refractivity contribution is 5.76. The Morgan fingerprint density at radius 2 is 1.89 bits per heavy atom. The molecule has 0 unspecified atom stereocenters. The van der Waals surface area contributed by atoms with E-state index in [9.17, 15) is 33.3 Å². The lowest BCUT2D eigenvalue weighted by molar-refractivity contribution is -0.137. The number of alkyl halides is 3. The number of allylic oxidation sites excluding steroid dienone is 2. The molecule has 8 nitrogen and oxygen atoms in total. The number of hydrogen-bond donors (Lipinski definition) is 6. The summed E-state index contributed by atoms with van der Waals surface area (Å²) >= 11 is 0. The quantitative estimate of drug-likeness (QED) is 0.159. The van der Waals surface area contributed by atoms with Crippen LogP contribution in [0.5, 0.6) is 5.75 Å². The monoisotopic (exact) mass is 531 g/mol. The number of aliphatic hydroxyl groups excluding tert-OH is 5. The van der Waals surface area contributed by atoms with Gasteiger partial charge in [-0.3, -0.25) is 4.79 Å². The number of unbranched alkanes of at least 4 members (excludes halogenated alkanes) is 1. The maximum atomic E-state index is 12.8. The molecule has 1 aromatic rings. The first-order chi connectivity index (χ1) is 17.5. The van der Waals surface area contributed by atoms with Crippen molar-refractivity contribution < 1.29 is 48.2 Å². The van der Waals surface area contributed by atoms with Crippen molar-refractivity contribution in [1.82, 2.24) is 5.32 Å². The normalized spacial score (nSPS) is 23.3. The molecule has 0 heterocycles. The highest BCUT2D eigenvalue weighted by Gasteiger charge is 2.39. The smallest absolute Gasteiger partial charge is 0.416 e. The molecule has 1 aliphatic rings. The van der Waals surface area contributed by atoms with E-state index in [2.05, 4.69) is 5.32 Å². The van der Waals surface area contributed by atoms with Gasteiger partial charge in [0, 0.05) is 18.8 Å². The predicted molar refractivity (Wildman–Crippen MR) is 129 cm³/mol. The van der Waals surface area contributed by atoms with Gasteiger partial charge in [0.25, 0.3) is 0 Å². The van der Waals surface area contributed by atoms with Gasteiger partial charge in [-0.1, -0.05) is 30.4 Å². The van der Waals surface area contributed by atoms with Gasteiger partial charge in [-0.05, 0) is 43.4 Å². The molecule has 208 valence electrons. The number of amides is 1. The fourth-order valence-corrected chi connectivity index (χ4v) is 4.16. The van der Waals surface area contributed by atoms with Gasteiger partial charge in [0.2, 0.25) is 5.91 Å². The van der Waals surface area contributed by atoms with Crippen molar-refractivity contribution in [2.24, 2.45) is 11.8 Å². The van der Waals surface area contributed by atoms with Gasteiger partial charge in [0.05, 0.1) is 37.0 Å². The van der Waals surface area contributed by atoms with E-state index in [1.54, 1.807) is 6.08 Å². The lowest BCUT2D eigenvalue weighted by Crippen LogP contribution is -2.39. The van der Waals surface area contributed by atoms with Crippen molar-refractivity contribution in [2.45, 2.75) is 62.6 Å². The number of rotatable bonds is 14. The molecule has 11 heteroatoms. The number of ether oxygens (including phenoxy) is 1. The molecule has 1 aromatic carbocycles. The molecule has 0 spiro atoms. The molecule has 0 saturated heterocycles. The summed E-state index contributed by atoms with van der Waals surface area (Å²) < 4.78 is 43.7. The van der Waals surface area contributed by atoms with Crippen molar-refractivity contribution in [3.8, 4) is 5.75 Å². The molecule has 0 aliphatic heterocycles. The summed E-state index contributed by atoms with van der Waals surface area (Å²) in [5.74, 6) is -1.02. The van der Waals surface area contributed by atoms with Gasteiger partial charge in [-0.2, -0.15) is 13.2 Å². The number of hydrogen-bond acceptors (Lipinski definition) is 7. The first kappa shape index (κ1) is 30.8. The number of aliphatic hydroxyl groups is 5. The fourth-order valence-electron chi connectivity index (χ4n) is 4.16. The van der Waals surface area contributed by atoms with Gasteiger partial charge >= 0.3 is 6.18 Å². The van der Waals surface area contributed by atoms with Crippen LogP contribution in [0.3, 0.4) is 0 Å². The number of carbonyl (C=O) groups is 1. The molecule has 0 aromatic heterocycles. The second kappa shape index (κ2) is 15.1. The van der Waals surface area contributed by atoms with Crippen LogP contribution in [0, 0.1) is 11.8 Å². The van der Waals surface area contributed by atoms with Crippen molar-refractivity contribution in [2.75, 3.05) is 19.8 Å². The van der Waals surface area contributed by atoms with Gasteiger partial charge in [0.1, 0.15) is 18.5 Å². The lowest BCUT2D eigenvalue weighted by Gasteiger charge is -2.19. The Labute approximate surface area is 214 Å². The maximum absolute atomic E-state index is 12.8. The zero-order valence-corrected chi connectivity index (χ0v) is 20.4. The van der Waals surface area contributed by atoms with E-state index in [1.807, 2.05) is 12.2 Å². The average Bonchev–Trinajstić information content (AvgIpc) is 3.13. The summed E-state index contributed by atoms with van der Waals surface area (Å²) in [6.07, 6.45) is 1.61. The van der Waals surface area contributed by atoms with Crippen LogP contribution in [0.4, 0.5) is 13.2 Å². The minimum absolute atomic E-state index is 0.0271. The van der Waals surface area contributed by atoms with Crippen molar-refractivity contribution in [3.63, 3.8) is 0 Å². The van der Waals surface area contributed by atoms with Crippen LogP contribution in [0.25, 0.3) is 0 Å². The Morgan fingerprint density at radius 1 is 1.16 bits per heavy atom. The lowest BCUT2D eigenvalue weighted by atomic mass is 9.89. The van der Waals surface area contributed by atoms with E-state index in [0.717, 1.165) is 12.1 Å². The summed E-state index contributed by atoms with van der Waals surface area (Å²) in [6, 6.07) is 3.68. The Bertz CT molecular complexity index is 889. The van der Waals surface area contributed by atoms with E-state index in [-0.39, 0.29) is 50.2 Å². The third-order valence-corrected chi connectivity index (χ3v) is 6.21. The summed E-state index contributed by atoms with van der Waals surface area (Å²) in [4.78, 5) is 11.7. The van der Waals surface area contributed by atoms with Crippen LogP contribution in [0.1, 0.15) is 37.7 Å². The first-order valence-corrected chi connectivity index (χ1v) is 12.2. The predicted octanol–water partition coefficient (Wildman–Crippen LogP) is 1.95. The zero-order chi connectivity index (χ0) is 27.4. The van der Waals surface area contributed by atoms with Crippen LogP contribution in [-0.4, -0.2) is 75.6 Å². The molecule has 1 aliphatic carbocycles. The summed E-state index contributed by atoms with van der Waals surface area (Å²) in [7, 11) is 0. The van der Waals surface area contributed by atoms with Crippen LogP contribution >= 0.6 is 0 Å². The largest absolute Gasteiger partial charge is 0.491 e. The molecule has 1 saturated carbocycles. The van der Waals surface area contributed by atoms with E-state index in [0.29, 0.717) is 19.3 Å². The van der Waals surface area contributed by atoms with Crippen molar-refractivity contribution in [1.29, 1.82) is 0 Å². The van der Waals surface area contributed by atoms with Gasteiger partial charge < -0.3 is 35.6 Å². The zero-order valence-electron chi connectivity index (χ0n) is 20.4. The molecule has 6 N–H and O–H groups in total. The molecular weight excluding hydrogens is 495 g/mol. The average molecular weight is 532 g/mol. The Hall–Kier alpha value is -2.44. The summed E-state index contributed by atoms with van der Waals surface area (Å²) in [6.45, 7) is -0.959. The molecule has 1 fully saturated rings. The minimum atomic E-state index is -4.50. The minimum Gasteiger partial charge on any atom is -0.491 e. The second-order valence-corrected chi connectivity index (χ2v) is 9.13. The SMILES string of the molecule is O=C(CCCC=CC[C@@H]1[C@@H](C=C[C@@H](O)COc2cccc(C(F)(F)F)c2)[C@H](O)C[C@@H]1O)NC(CO)CO. The van der Waals surface area contributed by atoms with Crippen molar-refractivity contribution >= 4 is 5.91 Å². The maximum Gasteiger partial charge on any atom is 0.416 e. The van der Waals surface area contributed by atoms with E-state index >= 15 is 0 Å². The van der Waals surface area contributed by atoms with E-state index in [1.165, 1.54) is 18.2 Å².